The fraction of sp³-hybridized carbons (Fsp3) is 0.909. The first kappa shape index (κ1) is 12.6. The highest BCUT2D eigenvalue weighted by atomic mass is 16.1. The van der Waals surface area contributed by atoms with Gasteiger partial charge in [0.1, 0.15) is 5.78 Å². The smallest absolute Gasteiger partial charge is 0.132 e. The maximum absolute atomic E-state index is 11.3. The van der Waals surface area contributed by atoms with Crippen LogP contribution in [0, 0.1) is 5.92 Å². The molecule has 13 heavy (non-hydrogen) atoms. The molecule has 0 aromatic heterocycles. The van der Waals surface area contributed by atoms with Crippen molar-refractivity contribution in [3.05, 3.63) is 0 Å². The third kappa shape index (κ3) is 9.54. The first-order valence-corrected chi connectivity index (χ1v) is 5.18. The van der Waals surface area contributed by atoms with Crippen molar-refractivity contribution < 1.29 is 4.79 Å². The summed E-state index contributed by atoms with van der Waals surface area (Å²) in [5, 5.41) is 0. The molecule has 0 amide bonds. The molecule has 78 valence electrons. The summed E-state index contributed by atoms with van der Waals surface area (Å²) < 4.78 is 0. The van der Waals surface area contributed by atoms with E-state index in [-0.39, 0.29) is 0 Å². The first-order chi connectivity index (χ1) is 6.02. The van der Waals surface area contributed by atoms with E-state index in [4.69, 9.17) is 0 Å². The molecule has 2 nitrogen and oxygen atoms in total. The van der Waals surface area contributed by atoms with Gasteiger partial charge in [-0.2, -0.15) is 0 Å². The summed E-state index contributed by atoms with van der Waals surface area (Å²) in [5.74, 6) is 1.08. The van der Waals surface area contributed by atoms with Crippen LogP contribution in [-0.2, 0) is 4.79 Å². The summed E-state index contributed by atoms with van der Waals surface area (Å²) in [4.78, 5) is 13.4. The average molecular weight is 185 g/mol. The van der Waals surface area contributed by atoms with E-state index in [1.807, 2.05) is 14.1 Å². The Kier molecular flexibility index (Phi) is 6.87. The van der Waals surface area contributed by atoms with Gasteiger partial charge in [-0.1, -0.05) is 13.8 Å². The van der Waals surface area contributed by atoms with Crippen LogP contribution in [0.2, 0.25) is 0 Å². The number of hydrogen-bond donors (Lipinski definition) is 0. The Hall–Kier alpha value is -0.370. The topological polar surface area (TPSA) is 20.3 Å². The minimum absolute atomic E-state index is 0.426. The van der Waals surface area contributed by atoms with Gasteiger partial charge in [0.15, 0.2) is 0 Å². The average Bonchev–Trinajstić information content (AvgIpc) is 2.00. The summed E-state index contributed by atoms with van der Waals surface area (Å²) in [6, 6.07) is 0. The number of ketones is 1. The molecule has 0 unspecified atom stereocenters. The highest BCUT2D eigenvalue weighted by Crippen LogP contribution is 2.06. The zero-order valence-electron chi connectivity index (χ0n) is 9.47. The summed E-state index contributed by atoms with van der Waals surface area (Å²) in [6.45, 7) is 5.34. The molecule has 2 heteroatoms. The molecule has 0 atom stereocenters. The van der Waals surface area contributed by atoms with Crippen LogP contribution in [0.5, 0.6) is 0 Å². The second-order valence-corrected chi connectivity index (χ2v) is 4.38. The summed E-state index contributed by atoms with van der Waals surface area (Å²) in [7, 11) is 4.08. The Morgan fingerprint density at radius 3 is 2.31 bits per heavy atom. The Balaban J connectivity index is 3.30. The molecule has 0 fully saturated rings. The van der Waals surface area contributed by atoms with Crippen LogP contribution in [0.4, 0.5) is 0 Å². The highest BCUT2D eigenvalue weighted by molar-refractivity contribution is 5.78. The summed E-state index contributed by atoms with van der Waals surface area (Å²) in [6.07, 6.45) is 3.57. The van der Waals surface area contributed by atoms with Crippen molar-refractivity contribution in [2.75, 3.05) is 20.6 Å². The van der Waals surface area contributed by atoms with E-state index in [1.54, 1.807) is 0 Å². The van der Waals surface area contributed by atoms with E-state index < -0.39 is 0 Å². The van der Waals surface area contributed by atoms with Crippen molar-refractivity contribution in [3.63, 3.8) is 0 Å². The molecule has 0 radical (unpaired) electrons. The summed E-state index contributed by atoms with van der Waals surface area (Å²) in [5.41, 5.74) is 0. The molecule has 0 aliphatic carbocycles. The highest BCUT2D eigenvalue weighted by Gasteiger charge is 2.03. The summed E-state index contributed by atoms with van der Waals surface area (Å²) >= 11 is 0. The van der Waals surface area contributed by atoms with Gasteiger partial charge in [-0.15, -0.1) is 0 Å². The zero-order chi connectivity index (χ0) is 10.3. The second kappa shape index (κ2) is 7.07. The number of carbonyl (C=O) groups excluding carboxylic acids is 1. The maximum Gasteiger partial charge on any atom is 0.132 e. The van der Waals surface area contributed by atoms with Gasteiger partial charge in [0.2, 0.25) is 0 Å². The van der Waals surface area contributed by atoms with E-state index in [0.717, 1.165) is 32.2 Å². The lowest BCUT2D eigenvalue weighted by Gasteiger charge is -2.08. The van der Waals surface area contributed by atoms with E-state index in [0.29, 0.717) is 11.7 Å². The van der Waals surface area contributed by atoms with Crippen molar-refractivity contribution in [2.24, 2.45) is 5.92 Å². The lowest BCUT2D eigenvalue weighted by Crippen LogP contribution is -2.14. The number of Topliss-reactive ketones (excluding diaryl/α,β-unsaturated/α-hetero) is 1. The molecule has 0 saturated heterocycles. The molecule has 0 heterocycles. The molecule has 0 saturated carbocycles. The Bertz CT molecular complexity index is 141. The fourth-order valence-electron chi connectivity index (χ4n) is 1.17. The Morgan fingerprint density at radius 1 is 1.23 bits per heavy atom. The Labute approximate surface area is 82.3 Å². The minimum atomic E-state index is 0.426. The number of nitrogens with zero attached hydrogens (tertiary/aromatic N) is 1. The molecule has 0 aromatic rings. The number of rotatable bonds is 7. The number of hydrogen-bond acceptors (Lipinski definition) is 2. The largest absolute Gasteiger partial charge is 0.309 e. The van der Waals surface area contributed by atoms with E-state index >= 15 is 0 Å². The van der Waals surface area contributed by atoms with E-state index in [9.17, 15) is 4.79 Å². The lowest BCUT2D eigenvalue weighted by atomic mass is 10.0. The van der Waals surface area contributed by atoms with Gasteiger partial charge in [-0.05, 0) is 39.4 Å². The lowest BCUT2D eigenvalue weighted by molar-refractivity contribution is -0.119. The van der Waals surface area contributed by atoms with Crippen LogP contribution >= 0.6 is 0 Å². The number of carbonyl (C=O) groups is 1. The maximum atomic E-state index is 11.3. The monoisotopic (exact) mass is 185 g/mol. The predicted molar refractivity (Wildman–Crippen MR) is 56.9 cm³/mol. The molecule has 0 rings (SSSR count). The van der Waals surface area contributed by atoms with Crippen LogP contribution in [0.25, 0.3) is 0 Å². The Morgan fingerprint density at radius 2 is 1.85 bits per heavy atom. The SMILES string of the molecule is CC(C)CCC(=O)CCCN(C)C. The van der Waals surface area contributed by atoms with Crippen molar-refractivity contribution in [1.29, 1.82) is 0 Å². The normalized spacial score (nSPS) is 11.2. The van der Waals surface area contributed by atoms with Gasteiger partial charge < -0.3 is 4.90 Å². The third-order valence-corrected chi connectivity index (χ3v) is 2.06. The van der Waals surface area contributed by atoms with Gasteiger partial charge in [0.25, 0.3) is 0 Å². The van der Waals surface area contributed by atoms with Crippen molar-refractivity contribution in [1.82, 2.24) is 4.90 Å². The fourth-order valence-corrected chi connectivity index (χ4v) is 1.17. The second-order valence-electron chi connectivity index (χ2n) is 4.38. The first-order valence-electron chi connectivity index (χ1n) is 5.18. The van der Waals surface area contributed by atoms with Gasteiger partial charge in [0.05, 0.1) is 0 Å². The molecule has 0 N–H and O–H groups in total. The molecular weight excluding hydrogens is 162 g/mol. The third-order valence-electron chi connectivity index (χ3n) is 2.06. The molecule has 0 aromatic carbocycles. The van der Waals surface area contributed by atoms with Crippen molar-refractivity contribution >= 4 is 5.78 Å². The minimum Gasteiger partial charge on any atom is -0.309 e. The van der Waals surface area contributed by atoms with Gasteiger partial charge in [-0.25, -0.2) is 0 Å². The van der Waals surface area contributed by atoms with E-state index in [2.05, 4.69) is 18.7 Å². The molecule has 0 spiro atoms. The quantitative estimate of drug-likeness (QED) is 0.606. The van der Waals surface area contributed by atoms with Crippen LogP contribution in [0.3, 0.4) is 0 Å². The van der Waals surface area contributed by atoms with Gasteiger partial charge >= 0.3 is 0 Å². The predicted octanol–water partition coefficient (Wildman–Crippen LogP) is 2.33. The van der Waals surface area contributed by atoms with Crippen molar-refractivity contribution in [3.8, 4) is 0 Å². The molecular formula is C11H23NO. The van der Waals surface area contributed by atoms with Gasteiger partial charge in [-0.3, -0.25) is 4.79 Å². The van der Waals surface area contributed by atoms with Crippen molar-refractivity contribution in [2.45, 2.75) is 39.5 Å². The van der Waals surface area contributed by atoms with Crippen LogP contribution in [0.15, 0.2) is 0 Å². The molecule has 0 aliphatic rings. The van der Waals surface area contributed by atoms with Crippen LogP contribution < -0.4 is 0 Å². The molecule has 0 aliphatic heterocycles. The van der Waals surface area contributed by atoms with Crippen LogP contribution in [0.1, 0.15) is 39.5 Å². The zero-order valence-corrected chi connectivity index (χ0v) is 9.47. The van der Waals surface area contributed by atoms with Crippen LogP contribution in [-0.4, -0.2) is 31.3 Å². The van der Waals surface area contributed by atoms with E-state index in [1.165, 1.54) is 0 Å². The van der Waals surface area contributed by atoms with Gasteiger partial charge in [0, 0.05) is 12.8 Å². The molecule has 0 bridgehead atoms. The standard InChI is InChI=1S/C11H23NO/c1-10(2)7-8-11(13)6-5-9-12(3)4/h10H,5-9H2,1-4H3.